The Morgan fingerprint density at radius 1 is 1.35 bits per heavy atom. The summed E-state index contributed by atoms with van der Waals surface area (Å²) in [5.41, 5.74) is 0.782. The SMILES string of the molecule is COC(=O)CCNC(=O)C=Cc1cc(Br)ccc1OC. The first kappa shape index (κ1) is 16.2. The number of nitrogens with one attached hydrogen (secondary N) is 1. The van der Waals surface area contributed by atoms with E-state index in [0.29, 0.717) is 5.75 Å². The largest absolute Gasteiger partial charge is 0.496 e. The van der Waals surface area contributed by atoms with Gasteiger partial charge in [0, 0.05) is 22.7 Å². The molecule has 0 heterocycles. The molecule has 0 aliphatic heterocycles. The van der Waals surface area contributed by atoms with Gasteiger partial charge in [0.2, 0.25) is 5.91 Å². The predicted molar refractivity (Wildman–Crippen MR) is 79.4 cm³/mol. The van der Waals surface area contributed by atoms with Crippen molar-refractivity contribution in [3.63, 3.8) is 0 Å². The van der Waals surface area contributed by atoms with Gasteiger partial charge in [-0.15, -0.1) is 0 Å². The zero-order valence-corrected chi connectivity index (χ0v) is 12.9. The van der Waals surface area contributed by atoms with E-state index in [9.17, 15) is 9.59 Å². The maximum atomic E-state index is 11.6. The molecule has 0 aliphatic rings. The molecule has 0 bridgehead atoms. The Balaban J connectivity index is 2.57. The van der Waals surface area contributed by atoms with Crippen LogP contribution >= 0.6 is 15.9 Å². The molecule has 1 aromatic rings. The van der Waals surface area contributed by atoms with E-state index in [4.69, 9.17) is 4.74 Å². The lowest BCUT2D eigenvalue weighted by molar-refractivity contribution is -0.140. The van der Waals surface area contributed by atoms with Crippen LogP contribution in [0.3, 0.4) is 0 Å². The van der Waals surface area contributed by atoms with Crippen LogP contribution in [0.4, 0.5) is 0 Å². The highest BCUT2D eigenvalue weighted by Gasteiger charge is 2.03. The van der Waals surface area contributed by atoms with Crippen molar-refractivity contribution >= 4 is 33.9 Å². The molecule has 0 atom stereocenters. The fraction of sp³-hybridized carbons (Fsp3) is 0.286. The normalized spacial score (nSPS) is 10.3. The van der Waals surface area contributed by atoms with Gasteiger partial charge >= 0.3 is 5.97 Å². The van der Waals surface area contributed by atoms with Crippen molar-refractivity contribution in [1.82, 2.24) is 5.32 Å². The highest BCUT2D eigenvalue weighted by Crippen LogP contribution is 2.23. The molecule has 1 rings (SSSR count). The number of halogens is 1. The predicted octanol–water partition coefficient (Wildman–Crippen LogP) is 2.15. The Morgan fingerprint density at radius 3 is 2.75 bits per heavy atom. The van der Waals surface area contributed by atoms with E-state index in [1.807, 2.05) is 12.1 Å². The summed E-state index contributed by atoms with van der Waals surface area (Å²) >= 11 is 3.36. The summed E-state index contributed by atoms with van der Waals surface area (Å²) in [6.45, 7) is 0.242. The van der Waals surface area contributed by atoms with E-state index >= 15 is 0 Å². The summed E-state index contributed by atoms with van der Waals surface area (Å²) in [6.07, 6.45) is 3.19. The van der Waals surface area contributed by atoms with Gasteiger partial charge in [0.1, 0.15) is 5.75 Å². The summed E-state index contributed by atoms with van der Waals surface area (Å²) in [5, 5.41) is 2.59. The molecule has 5 nitrogen and oxygen atoms in total. The first-order valence-corrected chi connectivity index (χ1v) is 6.72. The van der Waals surface area contributed by atoms with Crippen molar-refractivity contribution in [2.75, 3.05) is 20.8 Å². The number of carbonyl (C=O) groups is 2. The topological polar surface area (TPSA) is 64.6 Å². The van der Waals surface area contributed by atoms with Crippen LogP contribution in [0, 0.1) is 0 Å². The lowest BCUT2D eigenvalue weighted by Gasteiger charge is -2.05. The second kappa shape index (κ2) is 8.37. The van der Waals surface area contributed by atoms with E-state index in [0.717, 1.165) is 10.0 Å². The molecule has 108 valence electrons. The Morgan fingerprint density at radius 2 is 2.10 bits per heavy atom. The van der Waals surface area contributed by atoms with Crippen molar-refractivity contribution < 1.29 is 19.1 Å². The van der Waals surface area contributed by atoms with E-state index in [1.165, 1.54) is 13.2 Å². The van der Waals surface area contributed by atoms with Gasteiger partial charge in [0.25, 0.3) is 0 Å². The van der Waals surface area contributed by atoms with Crippen LogP contribution in [-0.4, -0.2) is 32.6 Å². The summed E-state index contributed by atoms with van der Waals surface area (Å²) in [7, 11) is 2.88. The average molecular weight is 342 g/mol. The number of benzene rings is 1. The summed E-state index contributed by atoms with van der Waals surface area (Å²) < 4.78 is 10.6. The average Bonchev–Trinajstić information content (AvgIpc) is 2.45. The van der Waals surface area contributed by atoms with Crippen LogP contribution in [0.25, 0.3) is 6.08 Å². The highest BCUT2D eigenvalue weighted by molar-refractivity contribution is 9.10. The van der Waals surface area contributed by atoms with Crippen molar-refractivity contribution in [3.05, 3.63) is 34.3 Å². The van der Waals surface area contributed by atoms with Crippen LogP contribution in [0.15, 0.2) is 28.7 Å². The lowest BCUT2D eigenvalue weighted by atomic mass is 10.2. The minimum absolute atomic E-state index is 0.149. The first-order chi connectivity index (χ1) is 9.56. The van der Waals surface area contributed by atoms with Gasteiger partial charge in [0.15, 0.2) is 0 Å². The van der Waals surface area contributed by atoms with Crippen LogP contribution in [0.5, 0.6) is 5.75 Å². The van der Waals surface area contributed by atoms with E-state index in [1.54, 1.807) is 19.3 Å². The van der Waals surface area contributed by atoms with Gasteiger partial charge in [-0.25, -0.2) is 0 Å². The second-order valence-electron chi connectivity index (χ2n) is 3.84. The Bertz CT molecular complexity index is 514. The molecule has 6 heteroatoms. The Hall–Kier alpha value is -1.82. The van der Waals surface area contributed by atoms with Crippen molar-refractivity contribution in [2.24, 2.45) is 0 Å². The monoisotopic (exact) mass is 341 g/mol. The summed E-state index contributed by atoms with van der Waals surface area (Å²) in [4.78, 5) is 22.4. The van der Waals surface area contributed by atoms with Crippen molar-refractivity contribution in [1.29, 1.82) is 0 Å². The number of hydrogen-bond donors (Lipinski definition) is 1. The van der Waals surface area contributed by atoms with Gasteiger partial charge in [-0.3, -0.25) is 9.59 Å². The fourth-order valence-electron chi connectivity index (χ4n) is 1.45. The van der Waals surface area contributed by atoms with E-state index in [2.05, 4.69) is 26.0 Å². The molecule has 0 fully saturated rings. The standard InChI is InChI=1S/C14H16BrNO4/c1-19-12-5-4-11(15)9-10(12)3-6-13(17)16-8-7-14(18)20-2/h3-6,9H,7-8H2,1-2H3,(H,16,17). The molecular formula is C14H16BrNO4. The minimum atomic E-state index is -0.358. The van der Waals surface area contributed by atoms with Gasteiger partial charge < -0.3 is 14.8 Å². The van der Waals surface area contributed by atoms with Crippen LogP contribution < -0.4 is 10.1 Å². The Labute approximate surface area is 126 Å². The molecule has 1 N–H and O–H groups in total. The maximum absolute atomic E-state index is 11.6. The Kier molecular flexibility index (Phi) is 6.79. The third-order valence-electron chi connectivity index (χ3n) is 2.46. The van der Waals surface area contributed by atoms with Gasteiger partial charge in [-0.2, -0.15) is 0 Å². The van der Waals surface area contributed by atoms with Crippen molar-refractivity contribution in [3.8, 4) is 5.75 Å². The maximum Gasteiger partial charge on any atom is 0.307 e. The third kappa shape index (κ3) is 5.44. The molecule has 1 amide bonds. The van der Waals surface area contributed by atoms with Crippen LogP contribution in [-0.2, 0) is 14.3 Å². The number of methoxy groups -OCH3 is 2. The number of carbonyl (C=O) groups excluding carboxylic acids is 2. The number of ether oxygens (including phenoxy) is 2. The van der Waals surface area contributed by atoms with Crippen LogP contribution in [0.2, 0.25) is 0 Å². The van der Waals surface area contributed by atoms with Crippen molar-refractivity contribution in [2.45, 2.75) is 6.42 Å². The number of hydrogen-bond acceptors (Lipinski definition) is 4. The molecule has 0 saturated heterocycles. The molecule has 0 saturated carbocycles. The van der Waals surface area contributed by atoms with Crippen LogP contribution in [0.1, 0.15) is 12.0 Å². The lowest BCUT2D eigenvalue weighted by Crippen LogP contribution is -2.24. The summed E-state index contributed by atoms with van der Waals surface area (Å²) in [5.74, 6) is 0.0330. The molecule has 0 unspecified atom stereocenters. The van der Waals surface area contributed by atoms with Gasteiger partial charge in [-0.05, 0) is 24.3 Å². The highest BCUT2D eigenvalue weighted by atomic mass is 79.9. The van der Waals surface area contributed by atoms with Gasteiger partial charge in [-0.1, -0.05) is 15.9 Å². The zero-order chi connectivity index (χ0) is 15.0. The molecule has 0 spiro atoms. The molecule has 20 heavy (non-hydrogen) atoms. The number of esters is 1. The smallest absolute Gasteiger partial charge is 0.307 e. The van der Waals surface area contributed by atoms with Gasteiger partial charge in [0.05, 0.1) is 20.6 Å². The number of rotatable bonds is 6. The fourth-order valence-corrected chi connectivity index (χ4v) is 1.83. The quantitative estimate of drug-likeness (QED) is 0.636. The molecular weight excluding hydrogens is 326 g/mol. The first-order valence-electron chi connectivity index (χ1n) is 5.93. The minimum Gasteiger partial charge on any atom is -0.496 e. The molecule has 0 aliphatic carbocycles. The zero-order valence-electron chi connectivity index (χ0n) is 11.3. The molecule has 0 aromatic heterocycles. The molecule has 0 radical (unpaired) electrons. The summed E-state index contributed by atoms with van der Waals surface area (Å²) in [6, 6.07) is 5.50. The number of amides is 1. The second-order valence-corrected chi connectivity index (χ2v) is 4.75. The van der Waals surface area contributed by atoms with E-state index in [-0.39, 0.29) is 24.8 Å². The molecule has 1 aromatic carbocycles. The third-order valence-corrected chi connectivity index (χ3v) is 2.96. The van der Waals surface area contributed by atoms with E-state index < -0.39 is 0 Å².